The molecule has 0 saturated carbocycles. The average Bonchev–Trinajstić information content (AvgIpc) is 2.91. The van der Waals surface area contributed by atoms with Crippen molar-refractivity contribution in [2.45, 2.75) is 32.2 Å². The van der Waals surface area contributed by atoms with E-state index in [4.69, 9.17) is 0 Å². The zero-order chi connectivity index (χ0) is 17.7. The van der Waals surface area contributed by atoms with Crippen LogP contribution in [0.4, 0.5) is 0 Å². The number of carbonyl (C=O) groups excluding carboxylic acids is 1. The van der Waals surface area contributed by atoms with Crippen LogP contribution in [0.3, 0.4) is 0 Å². The van der Waals surface area contributed by atoms with Gasteiger partial charge in [0.15, 0.2) is 0 Å². The molecule has 0 radical (unpaired) electrons. The lowest BCUT2D eigenvalue weighted by molar-refractivity contribution is 0.0946. The number of aromatic nitrogens is 1. The van der Waals surface area contributed by atoms with Crippen LogP contribution in [-0.4, -0.2) is 25.4 Å². The lowest BCUT2D eigenvalue weighted by Gasteiger charge is -2.13. The van der Waals surface area contributed by atoms with Crippen LogP contribution in [0.15, 0.2) is 41.0 Å². The molecule has 0 fully saturated rings. The standard InChI is InChI=1S/C16H20BrN3O3S/c1-11(2)20-24(22,23)10-13-6-4-3-5-12(13)8-19-16(21)15-7-14(17)9-18-15/h3-7,9,11,18,20H,8,10H2,1-2H3,(H,19,21). The Bertz CT molecular complexity index is 815. The van der Waals surface area contributed by atoms with Crippen molar-refractivity contribution in [2.75, 3.05) is 0 Å². The number of aromatic amines is 1. The SMILES string of the molecule is CC(C)NS(=O)(=O)Cc1ccccc1CNC(=O)c1cc(Br)c[nH]1. The number of benzene rings is 1. The van der Waals surface area contributed by atoms with Gasteiger partial charge in [0, 0.05) is 23.3 Å². The summed E-state index contributed by atoms with van der Waals surface area (Å²) in [6.07, 6.45) is 1.67. The highest BCUT2D eigenvalue weighted by atomic mass is 79.9. The molecule has 2 rings (SSSR count). The largest absolute Gasteiger partial charge is 0.356 e. The van der Waals surface area contributed by atoms with Crippen molar-refractivity contribution in [1.82, 2.24) is 15.0 Å². The van der Waals surface area contributed by atoms with Gasteiger partial charge in [-0.25, -0.2) is 13.1 Å². The highest BCUT2D eigenvalue weighted by Crippen LogP contribution is 2.14. The molecule has 8 heteroatoms. The molecule has 130 valence electrons. The Morgan fingerprint density at radius 2 is 1.92 bits per heavy atom. The zero-order valence-electron chi connectivity index (χ0n) is 13.5. The van der Waals surface area contributed by atoms with Gasteiger partial charge in [0.05, 0.1) is 5.75 Å². The number of carbonyl (C=O) groups is 1. The van der Waals surface area contributed by atoms with E-state index < -0.39 is 10.0 Å². The van der Waals surface area contributed by atoms with Gasteiger partial charge in [0.25, 0.3) is 5.91 Å². The second-order valence-corrected chi connectivity index (χ2v) is 8.38. The second-order valence-electron chi connectivity index (χ2n) is 5.71. The third-order valence-corrected chi connectivity index (χ3v) is 5.19. The molecule has 6 nitrogen and oxygen atoms in total. The topological polar surface area (TPSA) is 91.1 Å². The van der Waals surface area contributed by atoms with Crippen molar-refractivity contribution >= 4 is 31.9 Å². The number of hydrogen-bond donors (Lipinski definition) is 3. The number of H-pyrrole nitrogens is 1. The van der Waals surface area contributed by atoms with E-state index in [1.807, 2.05) is 12.1 Å². The first-order valence-corrected chi connectivity index (χ1v) is 9.90. The molecule has 1 aromatic heterocycles. The van der Waals surface area contributed by atoms with Crippen molar-refractivity contribution in [3.05, 3.63) is 57.8 Å². The van der Waals surface area contributed by atoms with Gasteiger partial charge in [0.2, 0.25) is 10.0 Å². The van der Waals surface area contributed by atoms with Crippen molar-refractivity contribution in [2.24, 2.45) is 0 Å². The summed E-state index contributed by atoms with van der Waals surface area (Å²) in [6, 6.07) is 8.69. The van der Waals surface area contributed by atoms with Gasteiger partial charge >= 0.3 is 0 Å². The fraction of sp³-hybridized carbons (Fsp3) is 0.312. The molecule has 1 amide bonds. The minimum Gasteiger partial charge on any atom is -0.356 e. The number of halogens is 1. The molecular formula is C16H20BrN3O3S. The fourth-order valence-electron chi connectivity index (χ4n) is 2.25. The molecule has 3 N–H and O–H groups in total. The fourth-order valence-corrected chi connectivity index (χ4v) is 4.08. The van der Waals surface area contributed by atoms with Crippen LogP contribution in [0.1, 0.15) is 35.5 Å². The summed E-state index contributed by atoms with van der Waals surface area (Å²) >= 11 is 3.28. The maximum atomic E-state index is 12.1. The second kappa shape index (κ2) is 7.96. The van der Waals surface area contributed by atoms with Crippen LogP contribution in [-0.2, 0) is 22.3 Å². The zero-order valence-corrected chi connectivity index (χ0v) is 15.9. The summed E-state index contributed by atoms with van der Waals surface area (Å²) in [5.41, 5.74) is 1.87. The molecule has 1 heterocycles. The van der Waals surface area contributed by atoms with Crippen molar-refractivity contribution in [3.63, 3.8) is 0 Å². The first kappa shape index (κ1) is 18.7. The van der Waals surface area contributed by atoms with E-state index in [1.165, 1.54) is 0 Å². The molecule has 0 unspecified atom stereocenters. The third kappa shape index (κ3) is 5.47. The molecule has 0 saturated heterocycles. The number of sulfonamides is 1. The molecule has 2 aromatic rings. The smallest absolute Gasteiger partial charge is 0.267 e. The molecule has 24 heavy (non-hydrogen) atoms. The maximum Gasteiger partial charge on any atom is 0.267 e. The highest BCUT2D eigenvalue weighted by molar-refractivity contribution is 9.10. The molecule has 0 aliphatic heterocycles. The lowest BCUT2D eigenvalue weighted by atomic mass is 10.1. The maximum absolute atomic E-state index is 12.1. The Labute approximate surface area is 150 Å². The van der Waals surface area contributed by atoms with Gasteiger partial charge in [0.1, 0.15) is 5.69 Å². The first-order valence-electron chi connectivity index (χ1n) is 7.46. The van der Waals surface area contributed by atoms with Gasteiger partial charge in [-0.1, -0.05) is 24.3 Å². The van der Waals surface area contributed by atoms with Crippen LogP contribution in [0.5, 0.6) is 0 Å². The lowest BCUT2D eigenvalue weighted by Crippen LogP contribution is -2.32. The van der Waals surface area contributed by atoms with Crippen molar-refractivity contribution in [1.29, 1.82) is 0 Å². The summed E-state index contributed by atoms with van der Waals surface area (Å²) in [5.74, 6) is -0.371. The van der Waals surface area contributed by atoms with Crippen LogP contribution < -0.4 is 10.0 Å². The normalized spacial score (nSPS) is 11.7. The minimum atomic E-state index is -3.42. The molecule has 0 spiro atoms. The van der Waals surface area contributed by atoms with Gasteiger partial charge < -0.3 is 10.3 Å². The number of nitrogens with one attached hydrogen (secondary N) is 3. The van der Waals surface area contributed by atoms with E-state index in [0.29, 0.717) is 11.3 Å². The molecule has 0 bridgehead atoms. The Balaban J connectivity index is 2.07. The molecular weight excluding hydrogens is 394 g/mol. The third-order valence-electron chi connectivity index (χ3n) is 3.21. The van der Waals surface area contributed by atoms with Crippen LogP contribution in [0.2, 0.25) is 0 Å². The Morgan fingerprint density at radius 1 is 1.25 bits per heavy atom. The Morgan fingerprint density at radius 3 is 2.50 bits per heavy atom. The highest BCUT2D eigenvalue weighted by Gasteiger charge is 2.16. The summed E-state index contributed by atoms with van der Waals surface area (Å²) in [5, 5.41) is 2.79. The van der Waals surface area contributed by atoms with E-state index in [-0.39, 0.29) is 24.2 Å². The molecule has 0 atom stereocenters. The van der Waals surface area contributed by atoms with Crippen molar-refractivity contribution < 1.29 is 13.2 Å². The predicted octanol–water partition coefficient (Wildman–Crippen LogP) is 2.54. The monoisotopic (exact) mass is 413 g/mol. The van der Waals surface area contributed by atoms with Crippen LogP contribution in [0, 0.1) is 0 Å². The van der Waals surface area contributed by atoms with Crippen molar-refractivity contribution in [3.8, 4) is 0 Å². The van der Waals surface area contributed by atoms with E-state index in [0.717, 1.165) is 10.0 Å². The molecule has 1 aromatic carbocycles. The molecule has 0 aliphatic carbocycles. The summed E-state index contributed by atoms with van der Waals surface area (Å²) < 4.78 is 27.6. The minimum absolute atomic E-state index is 0.120. The number of hydrogen-bond acceptors (Lipinski definition) is 3. The Kier molecular flexibility index (Phi) is 6.20. The van der Waals surface area contributed by atoms with E-state index in [9.17, 15) is 13.2 Å². The van der Waals surface area contributed by atoms with E-state index in [1.54, 1.807) is 38.2 Å². The molecule has 0 aliphatic rings. The number of rotatable bonds is 7. The predicted molar refractivity (Wildman–Crippen MR) is 97.0 cm³/mol. The van der Waals surface area contributed by atoms with Crippen LogP contribution in [0.25, 0.3) is 0 Å². The summed E-state index contributed by atoms with van der Waals surface area (Å²) in [7, 11) is -3.42. The summed E-state index contributed by atoms with van der Waals surface area (Å²) in [4.78, 5) is 14.9. The first-order chi connectivity index (χ1) is 11.3. The summed E-state index contributed by atoms with van der Waals surface area (Å²) in [6.45, 7) is 3.80. The van der Waals surface area contributed by atoms with Crippen LogP contribution >= 0.6 is 15.9 Å². The number of amides is 1. The quantitative estimate of drug-likeness (QED) is 0.650. The van der Waals surface area contributed by atoms with Gasteiger partial charge in [-0.15, -0.1) is 0 Å². The van der Waals surface area contributed by atoms with E-state index in [2.05, 4.69) is 31.0 Å². The van der Waals surface area contributed by atoms with Gasteiger partial charge in [-0.2, -0.15) is 0 Å². The Hall–Kier alpha value is -1.64. The van der Waals surface area contributed by atoms with E-state index >= 15 is 0 Å². The van der Waals surface area contributed by atoms with Gasteiger partial charge in [-0.3, -0.25) is 4.79 Å². The van der Waals surface area contributed by atoms with Gasteiger partial charge in [-0.05, 0) is 47.0 Å². The average molecular weight is 414 g/mol.